The van der Waals surface area contributed by atoms with E-state index in [0.29, 0.717) is 11.8 Å². The summed E-state index contributed by atoms with van der Waals surface area (Å²) in [7, 11) is 0.958. The van der Waals surface area contributed by atoms with Crippen molar-refractivity contribution in [2.75, 3.05) is 25.1 Å². The number of nitrogens with zero attached hydrogens (tertiary/aromatic N) is 5. The molecule has 24 heavy (non-hydrogen) atoms. The second-order valence-corrected chi connectivity index (χ2v) is 8.36. The van der Waals surface area contributed by atoms with E-state index in [1.54, 1.807) is 7.11 Å². The number of anilines is 1. The minimum absolute atomic E-state index is 0.253. The van der Waals surface area contributed by atoms with Gasteiger partial charge in [0.2, 0.25) is 5.95 Å². The molecule has 0 amide bonds. The van der Waals surface area contributed by atoms with Crippen molar-refractivity contribution in [1.82, 2.24) is 20.2 Å². The Balaban J connectivity index is 1.52. The highest BCUT2D eigenvalue weighted by atomic mass is 32.2. The smallest absolute Gasteiger partial charge is 0.245 e. The van der Waals surface area contributed by atoms with E-state index in [1.807, 2.05) is 28.9 Å². The highest BCUT2D eigenvalue weighted by Crippen LogP contribution is 2.31. The summed E-state index contributed by atoms with van der Waals surface area (Å²) in [6.07, 6.45) is 3.11. The van der Waals surface area contributed by atoms with Crippen LogP contribution in [-0.2, 0) is 17.3 Å². The van der Waals surface area contributed by atoms with Gasteiger partial charge in [-0.3, -0.25) is 4.21 Å². The molecule has 3 atom stereocenters. The molecule has 3 unspecified atom stereocenters. The van der Waals surface area contributed by atoms with Crippen LogP contribution in [-0.4, -0.2) is 55.1 Å². The largest absolute Gasteiger partial charge is 0.497 e. The van der Waals surface area contributed by atoms with Crippen molar-refractivity contribution in [1.29, 1.82) is 0 Å². The predicted molar refractivity (Wildman–Crippen MR) is 91.7 cm³/mol. The van der Waals surface area contributed by atoms with E-state index in [-0.39, 0.29) is 5.25 Å². The van der Waals surface area contributed by atoms with Gasteiger partial charge >= 0.3 is 0 Å². The van der Waals surface area contributed by atoms with Crippen molar-refractivity contribution in [3.05, 3.63) is 29.8 Å². The fourth-order valence-corrected chi connectivity index (χ4v) is 5.50. The van der Waals surface area contributed by atoms with Crippen LogP contribution in [0.3, 0.4) is 0 Å². The topological polar surface area (TPSA) is 73.1 Å². The van der Waals surface area contributed by atoms with Crippen molar-refractivity contribution in [3.63, 3.8) is 0 Å². The number of tetrazole rings is 1. The van der Waals surface area contributed by atoms with E-state index in [1.165, 1.54) is 0 Å². The number of hydrogen-bond acceptors (Lipinski definition) is 6. The molecule has 1 aromatic heterocycles. The van der Waals surface area contributed by atoms with Crippen molar-refractivity contribution >= 4 is 16.7 Å². The first-order valence-corrected chi connectivity index (χ1v) is 9.55. The third kappa shape index (κ3) is 2.90. The first-order valence-electron chi connectivity index (χ1n) is 8.28. The van der Waals surface area contributed by atoms with Gasteiger partial charge in [-0.15, -0.1) is 0 Å². The van der Waals surface area contributed by atoms with Gasteiger partial charge in [0.25, 0.3) is 0 Å². The van der Waals surface area contributed by atoms with E-state index in [2.05, 4.69) is 20.4 Å². The molecular weight excluding hydrogens is 326 g/mol. The van der Waals surface area contributed by atoms with Crippen LogP contribution in [0.5, 0.6) is 5.75 Å². The maximum Gasteiger partial charge on any atom is 0.245 e. The van der Waals surface area contributed by atoms with E-state index in [4.69, 9.17) is 4.74 Å². The van der Waals surface area contributed by atoms with Gasteiger partial charge in [0, 0.05) is 29.1 Å². The van der Waals surface area contributed by atoms with E-state index < -0.39 is 10.8 Å². The molecule has 2 bridgehead atoms. The van der Waals surface area contributed by atoms with Gasteiger partial charge in [-0.25, -0.2) is 4.68 Å². The van der Waals surface area contributed by atoms with E-state index >= 15 is 0 Å². The van der Waals surface area contributed by atoms with E-state index in [9.17, 15) is 4.21 Å². The van der Waals surface area contributed by atoms with Gasteiger partial charge in [0.1, 0.15) is 5.75 Å². The maximum absolute atomic E-state index is 12.4. The molecule has 0 radical (unpaired) electrons. The summed E-state index contributed by atoms with van der Waals surface area (Å²) in [5.41, 5.74) is 1.12. The summed E-state index contributed by atoms with van der Waals surface area (Å²) < 4.78 is 19.4. The van der Waals surface area contributed by atoms with Gasteiger partial charge < -0.3 is 9.64 Å². The lowest BCUT2D eigenvalue weighted by Crippen LogP contribution is -2.34. The van der Waals surface area contributed by atoms with Crippen LogP contribution in [0, 0.1) is 0 Å². The molecule has 0 spiro atoms. The van der Waals surface area contributed by atoms with Crippen LogP contribution in [0.4, 0.5) is 5.95 Å². The molecule has 3 heterocycles. The summed E-state index contributed by atoms with van der Waals surface area (Å²) in [5.74, 6) is 1.61. The summed E-state index contributed by atoms with van der Waals surface area (Å²) in [5, 5.41) is 12.8. The molecule has 2 aliphatic heterocycles. The fraction of sp³-hybridized carbons (Fsp3) is 0.562. The molecule has 2 fully saturated rings. The molecule has 128 valence electrons. The maximum atomic E-state index is 12.4. The quantitative estimate of drug-likeness (QED) is 0.828. The average molecular weight is 347 g/mol. The average Bonchev–Trinajstić information content (AvgIpc) is 3.13. The molecule has 4 rings (SSSR count). The molecule has 2 saturated heterocycles. The number of aromatic nitrogens is 4. The highest BCUT2D eigenvalue weighted by Gasteiger charge is 2.37. The lowest BCUT2D eigenvalue weighted by molar-refractivity contribution is 0.414. The van der Waals surface area contributed by atoms with Crippen LogP contribution < -0.4 is 9.64 Å². The van der Waals surface area contributed by atoms with Gasteiger partial charge in [-0.1, -0.05) is 17.2 Å². The molecule has 2 aliphatic rings. The molecule has 0 aliphatic carbocycles. The number of methoxy groups -OCH3 is 1. The number of hydrogen-bond donors (Lipinski definition) is 0. The molecule has 7 nitrogen and oxygen atoms in total. The standard InChI is InChI=1S/C16H21N5O2S/c1-23-13-4-2-12(3-5-13)10-21-16(17-18-19-21)20-9-8-14-6-7-15(11-20)24(14)22/h2-5,14-15H,6-11H2,1H3. The fourth-order valence-electron chi connectivity index (χ4n) is 3.55. The highest BCUT2D eigenvalue weighted by molar-refractivity contribution is 7.86. The Morgan fingerprint density at radius 3 is 2.79 bits per heavy atom. The zero-order chi connectivity index (χ0) is 16.5. The third-order valence-corrected chi connectivity index (χ3v) is 7.07. The minimum Gasteiger partial charge on any atom is -0.497 e. The Hall–Kier alpha value is -1.96. The molecule has 8 heteroatoms. The second-order valence-electron chi connectivity index (χ2n) is 6.37. The normalized spacial score (nSPS) is 26.4. The van der Waals surface area contributed by atoms with Crippen molar-refractivity contribution in [3.8, 4) is 5.75 Å². The number of fused-ring (bicyclic) bond motifs is 2. The van der Waals surface area contributed by atoms with Crippen molar-refractivity contribution in [2.24, 2.45) is 0 Å². The zero-order valence-electron chi connectivity index (χ0n) is 13.7. The summed E-state index contributed by atoms with van der Waals surface area (Å²) in [4.78, 5) is 2.20. The van der Waals surface area contributed by atoms with Gasteiger partial charge in [0.15, 0.2) is 0 Å². The number of benzene rings is 1. The second kappa shape index (κ2) is 6.51. The summed E-state index contributed by atoms with van der Waals surface area (Å²) in [6.45, 7) is 2.27. The number of ether oxygens (including phenoxy) is 1. The Morgan fingerprint density at radius 1 is 1.21 bits per heavy atom. The van der Waals surface area contributed by atoms with Crippen LogP contribution in [0.15, 0.2) is 24.3 Å². The lowest BCUT2D eigenvalue weighted by atomic mass is 10.1. The zero-order valence-corrected chi connectivity index (χ0v) is 14.5. The third-order valence-electron chi connectivity index (χ3n) is 4.90. The SMILES string of the molecule is COc1ccc(Cn2nnnc2N2CCC3CCC(C2)S3=O)cc1. The molecule has 2 aromatic rings. The molecule has 0 saturated carbocycles. The first kappa shape index (κ1) is 15.6. The van der Waals surface area contributed by atoms with Crippen LogP contribution in [0.25, 0.3) is 0 Å². The van der Waals surface area contributed by atoms with Crippen molar-refractivity contribution < 1.29 is 8.95 Å². The van der Waals surface area contributed by atoms with Crippen LogP contribution in [0.1, 0.15) is 24.8 Å². The van der Waals surface area contributed by atoms with Gasteiger partial charge in [-0.2, -0.15) is 0 Å². The molecule has 1 aromatic carbocycles. The Labute approximate surface area is 143 Å². The summed E-state index contributed by atoms with van der Waals surface area (Å²) >= 11 is 0. The minimum atomic E-state index is -0.700. The summed E-state index contributed by atoms with van der Waals surface area (Å²) in [6, 6.07) is 7.91. The Morgan fingerprint density at radius 2 is 2.00 bits per heavy atom. The van der Waals surface area contributed by atoms with Gasteiger partial charge in [-0.05, 0) is 47.4 Å². The van der Waals surface area contributed by atoms with Crippen LogP contribution >= 0.6 is 0 Å². The van der Waals surface area contributed by atoms with Gasteiger partial charge in [0.05, 0.1) is 18.9 Å². The monoisotopic (exact) mass is 347 g/mol. The Bertz CT molecular complexity index is 732. The van der Waals surface area contributed by atoms with Crippen LogP contribution in [0.2, 0.25) is 0 Å². The lowest BCUT2D eigenvalue weighted by Gasteiger charge is -2.24. The van der Waals surface area contributed by atoms with E-state index in [0.717, 1.165) is 49.6 Å². The van der Waals surface area contributed by atoms with Crippen molar-refractivity contribution in [2.45, 2.75) is 36.3 Å². The first-order chi connectivity index (χ1) is 11.7. The predicted octanol–water partition coefficient (Wildman–Crippen LogP) is 1.22. The molecular formula is C16H21N5O2S. The Kier molecular flexibility index (Phi) is 4.22. The number of rotatable bonds is 4. The molecule has 0 N–H and O–H groups in total.